The third-order valence-corrected chi connectivity index (χ3v) is 3.98. The van der Waals surface area contributed by atoms with Crippen LogP contribution in [0.5, 0.6) is 0 Å². The maximum absolute atomic E-state index is 11.8. The summed E-state index contributed by atoms with van der Waals surface area (Å²) in [5.74, 6) is -0.268. The minimum Gasteiger partial charge on any atom is -0.342 e. The average molecular weight is 260 g/mol. The van der Waals surface area contributed by atoms with Crippen molar-refractivity contribution in [3.05, 3.63) is 20.8 Å². The first-order valence-corrected chi connectivity index (χ1v) is 6.30. The van der Waals surface area contributed by atoms with Gasteiger partial charge in [0, 0.05) is 6.42 Å². The Labute approximate surface area is 104 Å². The highest BCUT2D eigenvalue weighted by molar-refractivity contribution is 7.13. The summed E-state index contributed by atoms with van der Waals surface area (Å²) in [4.78, 5) is 23.6. The summed E-state index contributed by atoms with van der Waals surface area (Å²) < 4.78 is 0. The summed E-state index contributed by atoms with van der Waals surface area (Å²) in [6.45, 7) is 5.29. The number of aryl methyl sites for hydroxylation is 1. The van der Waals surface area contributed by atoms with Crippen LogP contribution in [0.2, 0.25) is 5.02 Å². The molecule has 5 heteroatoms. The third-order valence-electron chi connectivity index (χ3n) is 2.28. The van der Waals surface area contributed by atoms with Crippen LogP contribution in [-0.4, -0.2) is 17.7 Å². The quantitative estimate of drug-likeness (QED) is 0.904. The Kier molecular flexibility index (Phi) is 4.50. The molecule has 0 saturated heterocycles. The smallest absolute Gasteiger partial charge is 0.263 e. The molecule has 1 aromatic heterocycles. The lowest BCUT2D eigenvalue weighted by atomic mass is 10.1. The molecule has 1 atom stereocenters. The largest absolute Gasteiger partial charge is 0.342 e. The van der Waals surface area contributed by atoms with Gasteiger partial charge in [-0.15, -0.1) is 11.3 Å². The maximum atomic E-state index is 11.8. The van der Waals surface area contributed by atoms with Crippen LogP contribution >= 0.6 is 22.9 Å². The molecule has 1 N–H and O–H groups in total. The number of amides is 1. The SMILES string of the molecule is CCC(=O)C(C)NC(=O)c1scc(C)c1Cl. The fourth-order valence-corrected chi connectivity index (χ4v) is 2.41. The number of carbonyl (C=O) groups excluding carboxylic acids is 2. The van der Waals surface area contributed by atoms with E-state index >= 15 is 0 Å². The van der Waals surface area contributed by atoms with Crippen LogP contribution in [0, 0.1) is 6.92 Å². The Morgan fingerprint density at radius 2 is 2.19 bits per heavy atom. The minimum atomic E-state index is -0.462. The molecule has 0 aromatic carbocycles. The van der Waals surface area contributed by atoms with E-state index in [1.54, 1.807) is 13.8 Å². The second kappa shape index (κ2) is 5.46. The molecule has 1 rings (SSSR count). The number of Topliss-reactive ketones (excluding diaryl/α,β-unsaturated/α-hetero) is 1. The molecule has 0 bridgehead atoms. The van der Waals surface area contributed by atoms with E-state index in [4.69, 9.17) is 11.6 Å². The third kappa shape index (κ3) is 2.83. The van der Waals surface area contributed by atoms with E-state index in [1.807, 2.05) is 12.3 Å². The van der Waals surface area contributed by atoms with Gasteiger partial charge in [-0.2, -0.15) is 0 Å². The monoisotopic (exact) mass is 259 g/mol. The lowest BCUT2D eigenvalue weighted by molar-refractivity contribution is -0.120. The van der Waals surface area contributed by atoms with Gasteiger partial charge in [-0.1, -0.05) is 18.5 Å². The van der Waals surface area contributed by atoms with Crippen molar-refractivity contribution < 1.29 is 9.59 Å². The summed E-state index contributed by atoms with van der Waals surface area (Å²) in [7, 11) is 0. The summed E-state index contributed by atoms with van der Waals surface area (Å²) in [6.07, 6.45) is 0.415. The van der Waals surface area contributed by atoms with Crippen molar-refractivity contribution in [3.63, 3.8) is 0 Å². The van der Waals surface area contributed by atoms with E-state index in [0.717, 1.165) is 5.56 Å². The lowest BCUT2D eigenvalue weighted by Gasteiger charge is -2.10. The number of halogens is 1. The van der Waals surface area contributed by atoms with Crippen LogP contribution in [0.3, 0.4) is 0 Å². The first-order chi connectivity index (χ1) is 7.47. The number of hydrogen-bond donors (Lipinski definition) is 1. The van der Waals surface area contributed by atoms with Gasteiger partial charge < -0.3 is 5.32 Å². The van der Waals surface area contributed by atoms with Gasteiger partial charge in [0.25, 0.3) is 5.91 Å². The molecule has 0 spiro atoms. The molecule has 16 heavy (non-hydrogen) atoms. The molecule has 0 aliphatic carbocycles. The number of nitrogens with one attached hydrogen (secondary N) is 1. The van der Waals surface area contributed by atoms with Crippen LogP contribution < -0.4 is 5.32 Å². The summed E-state index contributed by atoms with van der Waals surface area (Å²) >= 11 is 7.26. The molecule has 3 nitrogen and oxygen atoms in total. The predicted octanol–water partition coefficient (Wildman–Crippen LogP) is 2.81. The van der Waals surface area contributed by atoms with Crippen molar-refractivity contribution in [2.75, 3.05) is 0 Å². The van der Waals surface area contributed by atoms with E-state index in [0.29, 0.717) is 16.3 Å². The van der Waals surface area contributed by atoms with Gasteiger partial charge in [-0.3, -0.25) is 9.59 Å². The minimum absolute atomic E-state index is 0.0118. The van der Waals surface area contributed by atoms with E-state index in [1.165, 1.54) is 11.3 Å². The fourth-order valence-electron chi connectivity index (χ4n) is 1.23. The number of thiophene rings is 1. The number of carbonyl (C=O) groups is 2. The van der Waals surface area contributed by atoms with E-state index in [9.17, 15) is 9.59 Å². The van der Waals surface area contributed by atoms with Crippen molar-refractivity contribution >= 4 is 34.6 Å². The topological polar surface area (TPSA) is 46.2 Å². The van der Waals surface area contributed by atoms with Crippen LogP contribution in [-0.2, 0) is 4.79 Å². The molecule has 0 fully saturated rings. The highest BCUT2D eigenvalue weighted by atomic mass is 35.5. The zero-order valence-corrected chi connectivity index (χ0v) is 11.0. The maximum Gasteiger partial charge on any atom is 0.263 e. The first-order valence-electron chi connectivity index (χ1n) is 5.04. The van der Waals surface area contributed by atoms with Crippen LogP contribution in [0.15, 0.2) is 5.38 Å². The fraction of sp³-hybridized carbons (Fsp3) is 0.455. The second-order valence-corrected chi connectivity index (χ2v) is 4.83. The van der Waals surface area contributed by atoms with Crippen LogP contribution in [0.4, 0.5) is 0 Å². The van der Waals surface area contributed by atoms with Crippen molar-refractivity contribution in [1.82, 2.24) is 5.32 Å². The van der Waals surface area contributed by atoms with Gasteiger partial charge in [-0.25, -0.2) is 0 Å². The average Bonchev–Trinajstić information content (AvgIpc) is 2.58. The first kappa shape index (κ1) is 13.2. The summed E-state index contributed by atoms with van der Waals surface area (Å²) in [5, 5.41) is 4.93. The molecule has 1 amide bonds. The molecule has 0 saturated carbocycles. The van der Waals surface area contributed by atoms with Gasteiger partial charge in [0.1, 0.15) is 4.88 Å². The molecular weight excluding hydrogens is 246 g/mol. The number of ketones is 1. The molecule has 88 valence electrons. The van der Waals surface area contributed by atoms with Gasteiger partial charge >= 0.3 is 0 Å². The van der Waals surface area contributed by atoms with Crippen LogP contribution in [0.1, 0.15) is 35.5 Å². The summed E-state index contributed by atoms with van der Waals surface area (Å²) in [5.41, 5.74) is 0.881. The molecule has 0 aliphatic rings. The predicted molar refractivity (Wildman–Crippen MR) is 66.3 cm³/mol. The molecule has 0 aliphatic heterocycles. The lowest BCUT2D eigenvalue weighted by Crippen LogP contribution is -2.37. The van der Waals surface area contributed by atoms with Crippen molar-refractivity contribution in [2.45, 2.75) is 33.2 Å². The number of hydrogen-bond acceptors (Lipinski definition) is 3. The van der Waals surface area contributed by atoms with Gasteiger partial charge in [0.05, 0.1) is 11.1 Å². The Bertz CT molecular complexity index is 414. The van der Waals surface area contributed by atoms with Gasteiger partial charge in [-0.05, 0) is 24.8 Å². The molecule has 1 unspecified atom stereocenters. The highest BCUT2D eigenvalue weighted by Crippen LogP contribution is 2.26. The molecule has 1 aromatic rings. The molecule has 0 radical (unpaired) electrons. The Morgan fingerprint density at radius 1 is 1.56 bits per heavy atom. The summed E-state index contributed by atoms with van der Waals surface area (Å²) in [6, 6.07) is -0.462. The highest BCUT2D eigenvalue weighted by Gasteiger charge is 2.19. The van der Waals surface area contributed by atoms with Gasteiger partial charge in [0.15, 0.2) is 5.78 Å². The van der Waals surface area contributed by atoms with Crippen molar-refractivity contribution in [2.24, 2.45) is 0 Å². The Morgan fingerprint density at radius 3 is 2.62 bits per heavy atom. The normalized spacial score (nSPS) is 12.2. The molecular formula is C11H14ClNO2S. The van der Waals surface area contributed by atoms with Crippen LogP contribution in [0.25, 0.3) is 0 Å². The zero-order valence-electron chi connectivity index (χ0n) is 9.46. The Balaban J connectivity index is 2.73. The van der Waals surface area contributed by atoms with E-state index in [2.05, 4.69) is 5.32 Å². The van der Waals surface area contributed by atoms with Crippen molar-refractivity contribution in [1.29, 1.82) is 0 Å². The second-order valence-electron chi connectivity index (χ2n) is 3.58. The number of rotatable bonds is 4. The van der Waals surface area contributed by atoms with E-state index < -0.39 is 6.04 Å². The van der Waals surface area contributed by atoms with Gasteiger partial charge in [0.2, 0.25) is 0 Å². The standard InChI is InChI=1S/C11H14ClNO2S/c1-4-8(14)7(3)13-11(15)10-9(12)6(2)5-16-10/h5,7H,4H2,1-3H3,(H,13,15). The van der Waals surface area contributed by atoms with E-state index in [-0.39, 0.29) is 11.7 Å². The van der Waals surface area contributed by atoms with Crippen molar-refractivity contribution in [3.8, 4) is 0 Å². The molecule has 1 heterocycles. The zero-order chi connectivity index (χ0) is 12.3. The Hall–Kier alpha value is -0.870.